The summed E-state index contributed by atoms with van der Waals surface area (Å²) in [5, 5.41) is 3.30. The Morgan fingerprint density at radius 1 is 1.13 bits per heavy atom. The number of likely N-dealkylation sites (tertiary alicyclic amines) is 1. The SMILES string of the molecule is COc1ccc(-c2nc(CN3CCC(C(=O)NC4CCCCC4)CC3)c(C)o2)cc1. The second-order valence-electron chi connectivity index (χ2n) is 8.64. The van der Waals surface area contributed by atoms with Gasteiger partial charge in [0.2, 0.25) is 11.8 Å². The molecule has 4 rings (SSSR count). The number of benzene rings is 1. The first-order valence-corrected chi connectivity index (χ1v) is 11.3. The van der Waals surface area contributed by atoms with Gasteiger partial charge >= 0.3 is 0 Å². The van der Waals surface area contributed by atoms with Crippen molar-refractivity contribution in [2.75, 3.05) is 20.2 Å². The Kier molecular flexibility index (Phi) is 6.72. The summed E-state index contributed by atoms with van der Waals surface area (Å²) < 4.78 is 11.1. The molecule has 0 atom stereocenters. The number of aromatic nitrogens is 1. The molecule has 1 aromatic heterocycles. The smallest absolute Gasteiger partial charge is 0.226 e. The molecule has 2 heterocycles. The average Bonchev–Trinajstić information content (AvgIpc) is 3.15. The highest BCUT2D eigenvalue weighted by Crippen LogP contribution is 2.26. The quantitative estimate of drug-likeness (QED) is 0.767. The zero-order valence-corrected chi connectivity index (χ0v) is 18.2. The van der Waals surface area contributed by atoms with Gasteiger partial charge in [-0.1, -0.05) is 19.3 Å². The molecule has 6 nitrogen and oxygen atoms in total. The van der Waals surface area contributed by atoms with Crippen molar-refractivity contribution in [3.63, 3.8) is 0 Å². The lowest BCUT2D eigenvalue weighted by Gasteiger charge is -2.32. The maximum absolute atomic E-state index is 12.6. The highest BCUT2D eigenvalue weighted by atomic mass is 16.5. The number of ether oxygens (including phenoxy) is 1. The van der Waals surface area contributed by atoms with E-state index in [0.29, 0.717) is 11.9 Å². The van der Waals surface area contributed by atoms with Gasteiger partial charge in [0, 0.05) is 24.1 Å². The summed E-state index contributed by atoms with van der Waals surface area (Å²) in [6.45, 7) is 4.59. The molecule has 2 fully saturated rings. The van der Waals surface area contributed by atoms with Crippen molar-refractivity contribution in [2.45, 2.75) is 64.5 Å². The third kappa shape index (κ3) is 5.04. The zero-order valence-electron chi connectivity index (χ0n) is 18.2. The van der Waals surface area contributed by atoms with E-state index in [9.17, 15) is 4.79 Å². The van der Waals surface area contributed by atoms with Gasteiger partial charge < -0.3 is 14.5 Å². The molecule has 30 heavy (non-hydrogen) atoms. The fraction of sp³-hybridized carbons (Fsp3) is 0.583. The van der Waals surface area contributed by atoms with Crippen molar-refractivity contribution in [1.29, 1.82) is 0 Å². The number of carbonyl (C=O) groups excluding carboxylic acids is 1. The number of oxazole rings is 1. The van der Waals surface area contributed by atoms with E-state index in [2.05, 4.69) is 10.2 Å². The topological polar surface area (TPSA) is 67.6 Å². The number of hydrogen-bond acceptors (Lipinski definition) is 5. The molecule has 0 radical (unpaired) electrons. The summed E-state index contributed by atoms with van der Waals surface area (Å²) >= 11 is 0. The van der Waals surface area contributed by atoms with Crippen LogP contribution >= 0.6 is 0 Å². The molecule has 0 bridgehead atoms. The summed E-state index contributed by atoms with van der Waals surface area (Å²) in [5.74, 6) is 2.74. The molecule has 2 aliphatic rings. The first-order valence-electron chi connectivity index (χ1n) is 11.3. The Bertz CT molecular complexity index is 832. The third-order valence-electron chi connectivity index (χ3n) is 6.51. The molecule has 2 aromatic rings. The molecular weight excluding hydrogens is 378 g/mol. The minimum absolute atomic E-state index is 0.149. The normalized spacial score (nSPS) is 19.0. The summed E-state index contributed by atoms with van der Waals surface area (Å²) in [4.78, 5) is 19.7. The first-order chi connectivity index (χ1) is 14.6. The van der Waals surface area contributed by atoms with Gasteiger partial charge in [0.15, 0.2) is 0 Å². The predicted molar refractivity (Wildman–Crippen MR) is 116 cm³/mol. The van der Waals surface area contributed by atoms with Gasteiger partial charge in [-0.15, -0.1) is 0 Å². The number of nitrogens with one attached hydrogen (secondary N) is 1. The van der Waals surface area contributed by atoms with E-state index in [4.69, 9.17) is 14.1 Å². The number of amides is 1. The molecule has 1 amide bonds. The number of aryl methyl sites for hydroxylation is 1. The van der Waals surface area contributed by atoms with Crippen LogP contribution in [0, 0.1) is 12.8 Å². The van der Waals surface area contributed by atoms with Crippen LogP contribution < -0.4 is 10.1 Å². The minimum Gasteiger partial charge on any atom is -0.497 e. The van der Waals surface area contributed by atoms with E-state index in [1.807, 2.05) is 31.2 Å². The van der Waals surface area contributed by atoms with Crippen molar-refractivity contribution in [2.24, 2.45) is 5.92 Å². The van der Waals surface area contributed by atoms with E-state index in [-0.39, 0.29) is 11.8 Å². The fourth-order valence-corrected chi connectivity index (χ4v) is 4.56. The van der Waals surface area contributed by atoms with Gasteiger partial charge in [0.25, 0.3) is 0 Å². The van der Waals surface area contributed by atoms with Gasteiger partial charge in [0.05, 0.1) is 12.8 Å². The lowest BCUT2D eigenvalue weighted by molar-refractivity contribution is -0.127. The molecule has 1 saturated heterocycles. The summed E-state index contributed by atoms with van der Waals surface area (Å²) in [6, 6.07) is 8.16. The Morgan fingerprint density at radius 2 is 1.83 bits per heavy atom. The van der Waals surface area contributed by atoms with Crippen molar-refractivity contribution < 1.29 is 13.9 Å². The summed E-state index contributed by atoms with van der Waals surface area (Å²) in [6.07, 6.45) is 7.94. The summed E-state index contributed by atoms with van der Waals surface area (Å²) in [5.41, 5.74) is 1.93. The Labute approximate surface area is 179 Å². The highest BCUT2D eigenvalue weighted by molar-refractivity contribution is 5.79. The molecule has 1 aliphatic carbocycles. The van der Waals surface area contributed by atoms with Crippen molar-refractivity contribution in [3.05, 3.63) is 35.7 Å². The lowest BCUT2D eigenvalue weighted by atomic mass is 9.92. The second-order valence-corrected chi connectivity index (χ2v) is 8.64. The Balaban J connectivity index is 1.29. The number of hydrogen-bond donors (Lipinski definition) is 1. The predicted octanol–water partition coefficient (Wildman–Crippen LogP) is 4.32. The molecule has 1 N–H and O–H groups in total. The second kappa shape index (κ2) is 9.65. The van der Waals surface area contributed by atoms with Crippen LogP contribution in [-0.2, 0) is 11.3 Å². The largest absolute Gasteiger partial charge is 0.497 e. The number of carbonyl (C=O) groups is 1. The van der Waals surface area contributed by atoms with Gasteiger partial charge in [-0.2, -0.15) is 0 Å². The van der Waals surface area contributed by atoms with Gasteiger partial charge in [-0.3, -0.25) is 9.69 Å². The molecule has 1 saturated carbocycles. The van der Waals surface area contributed by atoms with Crippen molar-refractivity contribution >= 4 is 5.91 Å². The lowest BCUT2D eigenvalue weighted by Crippen LogP contribution is -2.44. The molecule has 1 aromatic carbocycles. The fourth-order valence-electron chi connectivity index (χ4n) is 4.56. The maximum Gasteiger partial charge on any atom is 0.226 e. The molecule has 6 heteroatoms. The molecular formula is C24H33N3O3. The van der Waals surface area contributed by atoms with Crippen LogP contribution in [0.1, 0.15) is 56.4 Å². The van der Waals surface area contributed by atoms with E-state index in [0.717, 1.165) is 68.1 Å². The number of piperidine rings is 1. The van der Waals surface area contributed by atoms with E-state index in [1.54, 1.807) is 7.11 Å². The van der Waals surface area contributed by atoms with Crippen LogP contribution in [0.3, 0.4) is 0 Å². The monoisotopic (exact) mass is 411 g/mol. The van der Waals surface area contributed by atoms with Crippen LogP contribution in [0.5, 0.6) is 5.75 Å². The molecule has 1 aliphatic heterocycles. The summed E-state index contributed by atoms with van der Waals surface area (Å²) in [7, 11) is 1.66. The Morgan fingerprint density at radius 3 is 2.50 bits per heavy atom. The highest BCUT2D eigenvalue weighted by Gasteiger charge is 2.27. The van der Waals surface area contributed by atoms with Gasteiger partial charge in [-0.25, -0.2) is 4.98 Å². The van der Waals surface area contributed by atoms with Crippen LogP contribution in [0.25, 0.3) is 11.5 Å². The number of methoxy groups -OCH3 is 1. The van der Waals surface area contributed by atoms with E-state index in [1.165, 1.54) is 19.3 Å². The number of rotatable bonds is 6. The van der Waals surface area contributed by atoms with Crippen LogP contribution in [0.15, 0.2) is 28.7 Å². The maximum atomic E-state index is 12.6. The van der Waals surface area contributed by atoms with Crippen LogP contribution in [0.4, 0.5) is 0 Å². The third-order valence-corrected chi connectivity index (χ3v) is 6.51. The Hall–Kier alpha value is -2.34. The van der Waals surface area contributed by atoms with E-state index < -0.39 is 0 Å². The minimum atomic E-state index is 0.149. The molecule has 0 spiro atoms. The van der Waals surface area contributed by atoms with Crippen molar-refractivity contribution in [3.8, 4) is 17.2 Å². The van der Waals surface area contributed by atoms with Crippen LogP contribution in [-0.4, -0.2) is 42.0 Å². The van der Waals surface area contributed by atoms with Gasteiger partial charge in [0.1, 0.15) is 11.5 Å². The molecule has 0 unspecified atom stereocenters. The molecule has 162 valence electrons. The number of nitrogens with zero attached hydrogens (tertiary/aromatic N) is 2. The van der Waals surface area contributed by atoms with E-state index >= 15 is 0 Å². The standard InChI is InChI=1S/C24H33N3O3/c1-17-22(26-24(30-17)19-8-10-21(29-2)11-9-19)16-27-14-12-18(13-15-27)23(28)25-20-6-4-3-5-7-20/h8-11,18,20H,3-7,12-16H2,1-2H3,(H,25,28). The van der Waals surface area contributed by atoms with Crippen LogP contribution in [0.2, 0.25) is 0 Å². The van der Waals surface area contributed by atoms with Gasteiger partial charge in [-0.05, 0) is 70.0 Å². The average molecular weight is 412 g/mol. The first kappa shape index (κ1) is 20.9. The van der Waals surface area contributed by atoms with Crippen molar-refractivity contribution in [1.82, 2.24) is 15.2 Å². The zero-order chi connectivity index (χ0) is 20.9.